The molecule has 0 aliphatic carbocycles. The van der Waals surface area contributed by atoms with Crippen LogP contribution in [-0.2, 0) is 13.0 Å². The van der Waals surface area contributed by atoms with Gasteiger partial charge in [0.2, 0.25) is 0 Å². The van der Waals surface area contributed by atoms with Gasteiger partial charge in [-0.05, 0) is 47.4 Å². The summed E-state index contributed by atoms with van der Waals surface area (Å²) in [5, 5.41) is 1.15. The first-order valence-corrected chi connectivity index (χ1v) is 8.99. The summed E-state index contributed by atoms with van der Waals surface area (Å²) in [6.45, 7) is 2.66. The highest BCUT2D eigenvalue weighted by molar-refractivity contribution is 5.78. The first-order chi connectivity index (χ1) is 12.8. The number of aryl methyl sites for hydroxylation is 1. The minimum atomic E-state index is 0.468. The summed E-state index contributed by atoms with van der Waals surface area (Å²) in [7, 11) is 0. The second-order valence-electron chi connectivity index (χ2n) is 6.32. The van der Waals surface area contributed by atoms with E-state index in [4.69, 9.17) is 4.74 Å². The van der Waals surface area contributed by atoms with Crippen LogP contribution < -0.4 is 4.74 Å². The first kappa shape index (κ1) is 16.3. The van der Waals surface area contributed by atoms with E-state index in [-0.39, 0.29) is 0 Å². The normalized spacial score (nSPS) is 10.8. The Morgan fingerprint density at radius 2 is 1.54 bits per heavy atom. The quantitative estimate of drug-likeness (QED) is 0.442. The largest absolute Gasteiger partial charge is 0.487 e. The number of ether oxygens (including phenoxy) is 1. The lowest BCUT2D eigenvalue weighted by Gasteiger charge is -2.10. The molecule has 2 heteroatoms. The van der Waals surface area contributed by atoms with Gasteiger partial charge in [0.05, 0.1) is 11.2 Å². The zero-order chi connectivity index (χ0) is 17.8. The molecule has 1 heterocycles. The number of aromatic nitrogens is 1. The lowest BCUT2D eigenvalue weighted by molar-refractivity contribution is 0.302. The molecule has 0 aliphatic rings. The Hall–Kier alpha value is -3.13. The monoisotopic (exact) mass is 339 g/mol. The number of hydrogen-bond donors (Lipinski definition) is 0. The Bertz CT molecular complexity index is 1020. The third kappa shape index (κ3) is 3.45. The molecule has 0 saturated heterocycles. The molecule has 0 spiro atoms. The summed E-state index contributed by atoms with van der Waals surface area (Å²) in [6, 6.07) is 29.1. The third-order valence-corrected chi connectivity index (χ3v) is 4.61. The van der Waals surface area contributed by atoms with Crippen molar-refractivity contribution >= 4 is 10.9 Å². The molecule has 0 radical (unpaired) electrons. The van der Waals surface area contributed by atoms with E-state index in [9.17, 15) is 0 Å². The second-order valence-corrected chi connectivity index (χ2v) is 6.32. The number of hydrogen-bond acceptors (Lipinski definition) is 2. The minimum Gasteiger partial charge on any atom is -0.487 e. The molecule has 0 fully saturated rings. The Labute approximate surface area is 154 Å². The van der Waals surface area contributed by atoms with Gasteiger partial charge in [-0.1, -0.05) is 67.6 Å². The maximum Gasteiger partial charge on any atom is 0.130 e. The molecule has 0 saturated carbocycles. The first-order valence-electron chi connectivity index (χ1n) is 8.99. The zero-order valence-corrected chi connectivity index (χ0v) is 14.9. The predicted molar refractivity (Wildman–Crippen MR) is 107 cm³/mol. The number of rotatable bonds is 5. The van der Waals surface area contributed by atoms with E-state index in [2.05, 4.69) is 60.4 Å². The predicted octanol–water partition coefficient (Wildman–Crippen LogP) is 6.04. The third-order valence-electron chi connectivity index (χ3n) is 4.61. The van der Waals surface area contributed by atoms with Crippen molar-refractivity contribution in [2.24, 2.45) is 0 Å². The van der Waals surface area contributed by atoms with Crippen molar-refractivity contribution < 1.29 is 4.74 Å². The van der Waals surface area contributed by atoms with E-state index in [0.717, 1.165) is 28.8 Å². The average molecular weight is 339 g/mol. The zero-order valence-electron chi connectivity index (χ0n) is 14.9. The standard InChI is InChI=1S/C24H21NO/c1-2-18-7-3-5-9-23(18)19-12-15-22(16-13-19)26-17-21-14-11-20-8-4-6-10-24(20)25-21/h3-16H,2,17H2,1H3. The van der Waals surface area contributed by atoms with Crippen LogP contribution in [0.15, 0.2) is 84.9 Å². The molecule has 0 N–H and O–H groups in total. The van der Waals surface area contributed by atoms with Crippen molar-refractivity contribution in [3.63, 3.8) is 0 Å². The van der Waals surface area contributed by atoms with Crippen molar-refractivity contribution in [1.29, 1.82) is 0 Å². The molecule has 0 amide bonds. The number of benzene rings is 3. The van der Waals surface area contributed by atoms with Gasteiger partial charge in [-0.25, -0.2) is 4.98 Å². The molecule has 3 aromatic carbocycles. The van der Waals surface area contributed by atoms with Crippen LogP contribution in [0, 0.1) is 0 Å². The molecule has 26 heavy (non-hydrogen) atoms. The van der Waals surface area contributed by atoms with E-state index in [1.807, 2.05) is 36.4 Å². The highest BCUT2D eigenvalue weighted by Crippen LogP contribution is 2.26. The fraction of sp³-hybridized carbons (Fsp3) is 0.125. The van der Waals surface area contributed by atoms with Gasteiger partial charge in [0.25, 0.3) is 0 Å². The molecule has 2 nitrogen and oxygen atoms in total. The summed E-state index contributed by atoms with van der Waals surface area (Å²) in [4.78, 5) is 4.65. The van der Waals surface area contributed by atoms with E-state index < -0.39 is 0 Å². The van der Waals surface area contributed by atoms with Gasteiger partial charge >= 0.3 is 0 Å². The number of fused-ring (bicyclic) bond motifs is 1. The van der Waals surface area contributed by atoms with Gasteiger partial charge in [-0.2, -0.15) is 0 Å². The van der Waals surface area contributed by atoms with Crippen molar-refractivity contribution in [3.05, 3.63) is 96.2 Å². The van der Waals surface area contributed by atoms with E-state index >= 15 is 0 Å². The van der Waals surface area contributed by atoms with Crippen LogP contribution in [0.5, 0.6) is 5.75 Å². The summed E-state index contributed by atoms with van der Waals surface area (Å²) in [5.74, 6) is 0.859. The van der Waals surface area contributed by atoms with Crippen molar-refractivity contribution in [1.82, 2.24) is 4.98 Å². The van der Waals surface area contributed by atoms with Crippen LogP contribution >= 0.6 is 0 Å². The van der Waals surface area contributed by atoms with Crippen LogP contribution in [0.3, 0.4) is 0 Å². The van der Waals surface area contributed by atoms with Crippen LogP contribution in [0.4, 0.5) is 0 Å². The smallest absolute Gasteiger partial charge is 0.130 e. The van der Waals surface area contributed by atoms with E-state index in [1.54, 1.807) is 0 Å². The molecule has 4 rings (SSSR count). The summed E-state index contributed by atoms with van der Waals surface area (Å²) in [6.07, 6.45) is 1.03. The molecular weight excluding hydrogens is 318 g/mol. The molecule has 1 aromatic heterocycles. The number of para-hydroxylation sites is 1. The fourth-order valence-electron chi connectivity index (χ4n) is 3.19. The van der Waals surface area contributed by atoms with Crippen LogP contribution in [0.2, 0.25) is 0 Å². The summed E-state index contributed by atoms with van der Waals surface area (Å²) in [5.41, 5.74) is 5.81. The molecule has 4 aromatic rings. The Balaban J connectivity index is 1.48. The van der Waals surface area contributed by atoms with Crippen molar-refractivity contribution in [3.8, 4) is 16.9 Å². The van der Waals surface area contributed by atoms with Crippen LogP contribution in [0.1, 0.15) is 18.2 Å². The van der Waals surface area contributed by atoms with Gasteiger partial charge in [0, 0.05) is 5.39 Å². The SMILES string of the molecule is CCc1ccccc1-c1ccc(OCc2ccc3ccccc3n2)cc1. The highest BCUT2D eigenvalue weighted by Gasteiger charge is 2.04. The molecule has 0 unspecified atom stereocenters. The highest BCUT2D eigenvalue weighted by atomic mass is 16.5. The Morgan fingerprint density at radius 3 is 2.38 bits per heavy atom. The number of nitrogens with zero attached hydrogens (tertiary/aromatic N) is 1. The number of pyridine rings is 1. The van der Waals surface area contributed by atoms with Gasteiger partial charge in [0.1, 0.15) is 12.4 Å². The van der Waals surface area contributed by atoms with Gasteiger partial charge in [0.15, 0.2) is 0 Å². The van der Waals surface area contributed by atoms with Crippen LogP contribution in [0.25, 0.3) is 22.0 Å². The van der Waals surface area contributed by atoms with Crippen molar-refractivity contribution in [2.45, 2.75) is 20.0 Å². The minimum absolute atomic E-state index is 0.468. The van der Waals surface area contributed by atoms with Crippen molar-refractivity contribution in [2.75, 3.05) is 0 Å². The van der Waals surface area contributed by atoms with Gasteiger partial charge in [-0.15, -0.1) is 0 Å². The maximum atomic E-state index is 5.93. The topological polar surface area (TPSA) is 22.1 Å². The van der Waals surface area contributed by atoms with E-state index in [1.165, 1.54) is 16.7 Å². The lowest BCUT2D eigenvalue weighted by atomic mass is 9.98. The summed E-state index contributed by atoms with van der Waals surface area (Å²) < 4.78 is 5.93. The maximum absolute atomic E-state index is 5.93. The van der Waals surface area contributed by atoms with Gasteiger partial charge < -0.3 is 4.74 Å². The molecule has 128 valence electrons. The molecular formula is C24H21NO. The summed E-state index contributed by atoms with van der Waals surface area (Å²) >= 11 is 0. The Morgan fingerprint density at radius 1 is 0.769 bits per heavy atom. The second kappa shape index (κ2) is 7.40. The lowest BCUT2D eigenvalue weighted by Crippen LogP contribution is -1.98. The van der Waals surface area contributed by atoms with Gasteiger partial charge in [-0.3, -0.25) is 0 Å². The molecule has 0 atom stereocenters. The average Bonchev–Trinajstić information content (AvgIpc) is 2.72. The van der Waals surface area contributed by atoms with Crippen LogP contribution in [-0.4, -0.2) is 4.98 Å². The Kier molecular flexibility index (Phi) is 4.65. The molecule has 0 aliphatic heterocycles. The fourth-order valence-corrected chi connectivity index (χ4v) is 3.19. The van der Waals surface area contributed by atoms with E-state index in [0.29, 0.717) is 6.61 Å². The molecule has 0 bridgehead atoms.